The van der Waals surface area contributed by atoms with Crippen LogP contribution in [0.2, 0.25) is 5.02 Å². The van der Waals surface area contributed by atoms with Gasteiger partial charge >= 0.3 is 0 Å². The van der Waals surface area contributed by atoms with Gasteiger partial charge in [0.25, 0.3) is 0 Å². The van der Waals surface area contributed by atoms with Crippen molar-refractivity contribution in [1.29, 1.82) is 0 Å². The number of benzene rings is 2. The van der Waals surface area contributed by atoms with Crippen LogP contribution >= 0.6 is 11.6 Å². The molecule has 0 bridgehead atoms. The first-order valence-corrected chi connectivity index (χ1v) is 6.41. The van der Waals surface area contributed by atoms with Gasteiger partial charge in [-0.25, -0.2) is 4.39 Å². The summed E-state index contributed by atoms with van der Waals surface area (Å²) in [4.78, 5) is 5.40. The van der Waals surface area contributed by atoms with Crippen LogP contribution in [0.15, 0.2) is 48.5 Å². The topological polar surface area (TPSA) is 21.3 Å². The minimum absolute atomic E-state index is 0.115. The number of hydrogen-bond acceptors (Lipinski definition) is 2. The smallest absolute Gasteiger partial charge is 0.142 e. The third-order valence-electron chi connectivity index (χ3n) is 2.79. The molecule has 4 heteroatoms. The Morgan fingerprint density at radius 1 is 1.21 bits per heavy atom. The summed E-state index contributed by atoms with van der Waals surface area (Å²) >= 11 is 5.64. The van der Waals surface area contributed by atoms with E-state index in [2.05, 4.69) is 5.48 Å². The maximum absolute atomic E-state index is 13.3. The molecular formula is C15H15ClFNO. The Morgan fingerprint density at radius 3 is 2.63 bits per heavy atom. The highest BCUT2D eigenvalue weighted by Gasteiger charge is 2.08. The molecule has 0 aliphatic carbocycles. The monoisotopic (exact) mass is 279 g/mol. The zero-order valence-corrected chi connectivity index (χ0v) is 11.3. The van der Waals surface area contributed by atoms with Gasteiger partial charge in [0.1, 0.15) is 5.82 Å². The van der Waals surface area contributed by atoms with E-state index in [1.807, 2.05) is 37.3 Å². The van der Waals surface area contributed by atoms with E-state index in [1.165, 1.54) is 6.07 Å². The van der Waals surface area contributed by atoms with Crippen LogP contribution in [0.1, 0.15) is 24.1 Å². The Bertz CT molecular complexity index is 533. The van der Waals surface area contributed by atoms with Crippen molar-refractivity contribution in [2.75, 3.05) is 0 Å². The van der Waals surface area contributed by atoms with E-state index in [0.29, 0.717) is 6.61 Å². The highest BCUT2D eigenvalue weighted by molar-refractivity contribution is 6.30. The van der Waals surface area contributed by atoms with Crippen LogP contribution in [0.4, 0.5) is 4.39 Å². The standard InChI is InChI=1S/C15H15ClFNO/c1-11(13-7-8-14(16)15(17)9-13)18-19-10-12-5-3-2-4-6-12/h2-9,11,18H,10H2,1H3. The van der Waals surface area contributed by atoms with E-state index in [-0.39, 0.29) is 11.1 Å². The van der Waals surface area contributed by atoms with Gasteiger partial charge < -0.3 is 0 Å². The predicted octanol–water partition coefficient (Wildman–Crippen LogP) is 4.26. The van der Waals surface area contributed by atoms with E-state index >= 15 is 0 Å². The van der Waals surface area contributed by atoms with Gasteiger partial charge in [0.2, 0.25) is 0 Å². The molecule has 0 aromatic heterocycles. The van der Waals surface area contributed by atoms with Gasteiger partial charge in [-0.15, -0.1) is 0 Å². The molecule has 0 amide bonds. The molecule has 1 N–H and O–H groups in total. The summed E-state index contributed by atoms with van der Waals surface area (Å²) in [6.45, 7) is 2.36. The summed E-state index contributed by atoms with van der Waals surface area (Å²) in [6.07, 6.45) is 0. The molecule has 0 heterocycles. The van der Waals surface area contributed by atoms with Crippen molar-refractivity contribution in [2.45, 2.75) is 19.6 Å². The molecule has 0 saturated heterocycles. The Hall–Kier alpha value is -1.42. The van der Waals surface area contributed by atoms with Gasteiger partial charge in [0.15, 0.2) is 0 Å². The van der Waals surface area contributed by atoms with Crippen molar-refractivity contribution in [1.82, 2.24) is 5.48 Å². The number of halogens is 2. The van der Waals surface area contributed by atoms with Gasteiger partial charge in [-0.1, -0.05) is 48.0 Å². The second kappa shape index (κ2) is 6.66. The summed E-state index contributed by atoms with van der Waals surface area (Å²) in [6, 6.07) is 14.4. The molecule has 0 fully saturated rings. The minimum Gasteiger partial charge on any atom is -0.296 e. The predicted molar refractivity (Wildman–Crippen MR) is 74.2 cm³/mol. The lowest BCUT2D eigenvalue weighted by Gasteiger charge is -2.14. The Balaban J connectivity index is 1.87. The fourth-order valence-corrected chi connectivity index (χ4v) is 1.79. The second-order valence-corrected chi connectivity index (χ2v) is 4.69. The van der Waals surface area contributed by atoms with Crippen LogP contribution in [0.3, 0.4) is 0 Å². The summed E-state index contributed by atoms with van der Waals surface area (Å²) < 4.78 is 13.3. The molecule has 0 radical (unpaired) electrons. The van der Waals surface area contributed by atoms with Gasteiger partial charge in [0.05, 0.1) is 17.7 Å². The molecule has 2 aromatic rings. The van der Waals surface area contributed by atoms with Crippen LogP contribution in [0.5, 0.6) is 0 Å². The molecule has 2 nitrogen and oxygen atoms in total. The van der Waals surface area contributed by atoms with Crippen molar-refractivity contribution in [3.05, 3.63) is 70.5 Å². The lowest BCUT2D eigenvalue weighted by atomic mass is 10.1. The zero-order valence-electron chi connectivity index (χ0n) is 10.6. The molecule has 0 spiro atoms. The first-order chi connectivity index (χ1) is 9.16. The Kier molecular flexibility index (Phi) is 4.91. The van der Waals surface area contributed by atoms with Gasteiger partial charge in [-0.2, -0.15) is 5.48 Å². The molecule has 0 aliphatic rings. The number of hydrogen-bond donors (Lipinski definition) is 1. The summed E-state index contributed by atoms with van der Waals surface area (Å²) in [5.41, 5.74) is 4.74. The number of nitrogens with one attached hydrogen (secondary N) is 1. The third kappa shape index (κ3) is 4.03. The van der Waals surface area contributed by atoms with Crippen molar-refractivity contribution in [3.63, 3.8) is 0 Å². The van der Waals surface area contributed by atoms with Crippen LogP contribution in [-0.4, -0.2) is 0 Å². The van der Waals surface area contributed by atoms with Crippen LogP contribution < -0.4 is 5.48 Å². The molecule has 1 unspecified atom stereocenters. The summed E-state index contributed by atoms with van der Waals surface area (Å²) in [7, 11) is 0. The van der Waals surface area contributed by atoms with E-state index in [9.17, 15) is 4.39 Å². The van der Waals surface area contributed by atoms with Gasteiger partial charge in [-0.3, -0.25) is 4.84 Å². The molecule has 100 valence electrons. The molecular weight excluding hydrogens is 265 g/mol. The number of rotatable bonds is 5. The summed E-state index contributed by atoms with van der Waals surface area (Å²) in [5, 5.41) is 0.126. The molecule has 2 aromatic carbocycles. The van der Waals surface area contributed by atoms with Crippen molar-refractivity contribution in [2.24, 2.45) is 0 Å². The average Bonchev–Trinajstić information content (AvgIpc) is 2.43. The van der Waals surface area contributed by atoms with Crippen molar-refractivity contribution in [3.8, 4) is 0 Å². The fourth-order valence-electron chi connectivity index (χ4n) is 1.67. The maximum Gasteiger partial charge on any atom is 0.142 e. The van der Waals surface area contributed by atoms with E-state index in [0.717, 1.165) is 11.1 Å². The lowest BCUT2D eigenvalue weighted by Crippen LogP contribution is -2.19. The minimum atomic E-state index is -0.420. The molecule has 2 rings (SSSR count). The van der Waals surface area contributed by atoms with Crippen LogP contribution in [-0.2, 0) is 11.4 Å². The Morgan fingerprint density at radius 2 is 1.95 bits per heavy atom. The number of hydroxylamine groups is 1. The SMILES string of the molecule is CC(NOCc1ccccc1)c1ccc(Cl)c(F)c1. The molecule has 19 heavy (non-hydrogen) atoms. The molecule has 0 saturated carbocycles. The second-order valence-electron chi connectivity index (χ2n) is 4.29. The quantitative estimate of drug-likeness (QED) is 0.826. The van der Waals surface area contributed by atoms with Gasteiger partial charge in [0, 0.05) is 0 Å². The first-order valence-electron chi connectivity index (χ1n) is 6.03. The Labute approximate surface area is 117 Å². The zero-order chi connectivity index (χ0) is 13.7. The highest BCUT2D eigenvalue weighted by atomic mass is 35.5. The average molecular weight is 280 g/mol. The highest BCUT2D eigenvalue weighted by Crippen LogP contribution is 2.20. The largest absolute Gasteiger partial charge is 0.296 e. The lowest BCUT2D eigenvalue weighted by molar-refractivity contribution is 0.00693. The first kappa shape index (κ1) is 14.0. The van der Waals surface area contributed by atoms with E-state index < -0.39 is 5.82 Å². The van der Waals surface area contributed by atoms with E-state index in [1.54, 1.807) is 12.1 Å². The van der Waals surface area contributed by atoms with Crippen LogP contribution in [0.25, 0.3) is 0 Å². The fraction of sp³-hybridized carbons (Fsp3) is 0.200. The van der Waals surface area contributed by atoms with Crippen molar-refractivity contribution >= 4 is 11.6 Å². The van der Waals surface area contributed by atoms with E-state index in [4.69, 9.17) is 16.4 Å². The maximum atomic E-state index is 13.3. The van der Waals surface area contributed by atoms with Gasteiger partial charge in [-0.05, 0) is 30.2 Å². The van der Waals surface area contributed by atoms with Crippen LogP contribution in [0, 0.1) is 5.82 Å². The third-order valence-corrected chi connectivity index (χ3v) is 3.09. The normalized spacial score (nSPS) is 12.4. The molecule has 1 atom stereocenters. The van der Waals surface area contributed by atoms with Crippen molar-refractivity contribution < 1.29 is 9.23 Å². The summed E-state index contributed by atoms with van der Waals surface area (Å²) in [5.74, 6) is -0.420. The molecule has 0 aliphatic heterocycles.